The molecule has 4 unspecified atom stereocenters. The van der Waals surface area contributed by atoms with Crippen LogP contribution >= 0.6 is 0 Å². The fourth-order valence-electron chi connectivity index (χ4n) is 2.21. The first-order valence-electron chi connectivity index (χ1n) is 5.78. The number of rotatable bonds is 2. The molecule has 3 rings (SSSR count). The summed E-state index contributed by atoms with van der Waals surface area (Å²) < 4.78 is 10.7. The third-order valence-corrected chi connectivity index (χ3v) is 3.89. The maximum Gasteiger partial charge on any atom is 0.236 e. The Morgan fingerprint density at radius 2 is 2.25 bits per heavy atom. The minimum absolute atomic E-state index is 0.0579. The Morgan fingerprint density at radius 3 is 2.81 bits per heavy atom. The van der Waals surface area contributed by atoms with E-state index in [1.807, 2.05) is 6.92 Å². The van der Waals surface area contributed by atoms with Gasteiger partial charge in [0.25, 0.3) is 0 Å². The van der Waals surface area contributed by atoms with Gasteiger partial charge >= 0.3 is 0 Å². The lowest BCUT2D eigenvalue weighted by Crippen LogP contribution is -2.42. The number of nitrogens with zero attached hydrogens (tertiary/aromatic N) is 2. The highest BCUT2D eigenvalue weighted by molar-refractivity contribution is 5.15. The van der Waals surface area contributed by atoms with Crippen molar-refractivity contribution < 1.29 is 9.26 Å². The van der Waals surface area contributed by atoms with E-state index >= 15 is 0 Å². The molecule has 0 spiro atoms. The van der Waals surface area contributed by atoms with Crippen LogP contribution in [0, 0.1) is 5.92 Å². The zero-order chi connectivity index (χ0) is 11.3. The van der Waals surface area contributed by atoms with Gasteiger partial charge in [0.2, 0.25) is 5.89 Å². The summed E-state index contributed by atoms with van der Waals surface area (Å²) in [6.07, 6.45) is 1.16. The summed E-state index contributed by atoms with van der Waals surface area (Å²) in [5.41, 5.74) is 5.70. The van der Waals surface area contributed by atoms with Crippen molar-refractivity contribution in [3.8, 4) is 0 Å². The van der Waals surface area contributed by atoms with Gasteiger partial charge in [0.1, 0.15) is 0 Å². The molecule has 0 amide bonds. The topological polar surface area (TPSA) is 74.2 Å². The van der Waals surface area contributed by atoms with E-state index in [0.717, 1.165) is 12.2 Å². The summed E-state index contributed by atoms with van der Waals surface area (Å²) in [7, 11) is 0. The van der Waals surface area contributed by atoms with E-state index in [1.165, 1.54) is 0 Å². The van der Waals surface area contributed by atoms with Crippen LogP contribution < -0.4 is 5.73 Å². The molecule has 0 radical (unpaired) electrons. The van der Waals surface area contributed by atoms with Gasteiger partial charge in [-0.25, -0.2) is 0 Å². The largest absolute Gasteiger partial charge is 0.379 e. The van der Waals surface area contributed by atoms with Gasteiger partial charge in [0, 0.05) is 12.0 Å². The van der Waals surface area contributed by atoms with Gasteiger partial charge in [-0.05, 0) is 19.3 Å². The van der Waals surface area contributed by atoms with Crippen LogP contribution in [-0.4, -0.2) is 29.4 Å². The quantitative estimate of drug-likeness (QED) is 0.803. The zero-order valence-corrected chi connectivity index (χ0v) is 9.64. The second kappa shape index (κ2) is 3.28. The highest BCUT2D eigenvalue weighted by Crippen LogP contribution is 2.46. The van der Waals surface area contributed by atoms with Gasteiger partial charge in [-0.2, -0.15) is 4.98 Å². The first kappa shape index (κ1) is 10.2. The molecular formula is C11H17N3O2. The molecule has 2 N–H and O–H groups in total. The van der Waals surface area contributed by atoms with E-state index in [4.69, 9.17) is 15.0 Å². The normalized spacial score (nSPS) is 42.6. The highest BCUT2D eigenvalue weighted by atomic mass is 16.5. The first-order valence-corrected chi connectivity index (χ1v) is 5.78. The number of hydrogen-bond donors (Lipinski definition) is 1. The average Bonchev–Trinajstić information content (AvgIpc) is 2.68. The molecule has 2 aliphatic rings. The highest BCUT2D eigenvalue weighted by Gasteiger charge is 2.46. The van der Waals surface area contributed by atoms with E-state index in [-0.39, 0.29) is 11.5 Å². The van der Waals surface area contributed by atoms with Crippen LogP contribution in [0.15, 0.2) is 4.52 Å². The molecule has 1 aliphatic carbocycles. The Morgan fingerprint density at radius 1 is 1.50 bits per heavy atom. The summed E-state index contributed by atoms with van der Waals surface area (Å²) >= 11 is 0. The molecule has 0 aromatic carbocycles. The molecule has 4 atom stereocenters. The lowest BCUT2D eigenvalue weighted by molar-refractivity contribution is 0.169. The summed E-state index contributed by atoms with van der Waals surface area (Å²) in [6, 6.07) is -0.0579. The third-order valence-electron chi connectivity index (χ3n) is 3.89. The molecule has 1 aromatic heterocycles. The van der Waals surface area contributed by atoms with E-state index in [2.05, 4.69) is 17.1 Å². The first-order chi connectivity index (χ1) is 7.61. The lowest BCUT2D eigenvalue weighted by atomic mass is 9.86. The zero-order valence-electron chi connectivity index (χ0n) is 9.64. The Hall–Kier alpha value is -0.940. The molecule has 1 aromatic rings. The third kappa shape index (κ3) is 1.38. The van der Waals surface area contributed by atoms with Gasteiger partial charge in [0.15, 0.2) is 5.82 Å². The minimum atomic E-state index is -0.316. The lowest BCUT2D eigenvalue weighted by Gasteiger charge is -2.21. The van der Waals surface area contributed by atoms with Crippen molar-refractivity contribution in [3.05, 3.63) is 11.7 Å². The van der Waals surface area contributed by atoms with Crippen LogP contribution in [0.25, 0.3) is 0 Å². The van der Waals surface area contributed by atoms with Crippen LogP contribution in [-0.2, 0) is 10.2 Å². The Bertz CT molecular complexity index is 406. The fourth-order valence-corrected chi connectivity index (χ4v) is 2.21. The van der Waals surface area contributed by atoms with Crippen molar-refractivity contribution >= 4 is 0 Å². The summed E-state index contributed by atoms with van der Waals surface area (Å²) in [5, 5.41) is 4.06. The molecule has 2 heterocycles. The molecule has 88 valence electrons. The minimum Gasteiger partial charge on any atom is -0.379 e. The Kier molecular flexibility index (Phi) is 2.09. The van der Waals surface area contributed by atoms with Crippen LogP contribution in [0.4, 0.5) is 0 Å². The summed E-state index contributed by atoms with van der Waals surface area (Å²) in [5.74, 6) is 2.64. The van der Waals surface area contributed by atoms with Gasteiger partial charge in [-0.1, -0.05) is 12.1 Å². The van der Waals surface area contributed by atoms with Crippen molar-refractivity contribution in [2.75, 3.05) is 13.2 Å². The van der Waals surface area contributed by atoms with Crippen LogP contribution in [0.5, 0.6) is 0 Å². The SMILES string of the molecule is CC1CC1c1noc(C2(C)COCC2N)n1. The van der Waals surface area contributed by atoms with Crippen molar-refractivity contribution in [3.63, 3.8) is 0 Å². The summed E-state index contributed by atoms with van der Waals surface area (Å²) in [4.78, 5) is 4.49. The van der Waals surface area contributed by atoms with E-state index in [1.54, 1.807) is 0 Å². The van der Waals surface area contributed by atoms with E-state index < -0.39 is 0 Å². The predicted octanol–water partition coefficient (Wildman–Crippen LogP) is 0.808. The van der Waals surface area contributed by atoms with Crippen LogP contribution in [0.1, 0.15) is 37.9 Å². The average molecular weight is 223 g/mol. The second-order valence-corrected chi connectivity index (χ2v) is 5.32. The molecule has 2 fully saturated rings. The molecule has 0 bridgehead atoms. The smallest absolute Gasteiger partial charge is 0.236 e. The van der Waals surface area contributed by atoms with Crippen molar-refractivity contribution in [1.82, 2.24) is 10.1 Å². The predicted molar refractivity (Wildman–Crippen MR) is 57.0 cm³/mol. The molecule has 1 aliphatic heterocycles. The van der Waals surface area contributed by atoms with E-state index in [9.17, 15) is 0 Å². The van der Waals surface area contributed by atoms with Gasteiger partial charge in [0.05, 0.1) is 18.6 Å². The van der Waals surface area contributed by atoms with Gasteiger partial charge < -0.3 is 15.0 Å². The van der Waals surface area contributed by atoms with Gasteiger partial charge in [-0.15, -0.1) is 0 Å². The maximum atomic E-state index is 6.02. The molecule has 5 heteroatoms. The van der Waals surface area contributed by atoms with Crippen molar-refractivity contribution in [2.45, 2.75) is 37.6 Å². The van der Waals surface area contributed by atoms with Crippen molar-refractivity contribution in [2.24, 2.45) is 11.7 Å². The molecule has 16 heavy (non-hydrogen) atoms. The molecule has 1 saturated heterocycles. The number of nitrogens with two attached hydrogens (primary N) is 1. The van der Waals surface area contributed by atoms with Gasteiger partial charge in [-0.3, -0.25) is 0 Å². The van der Waals surface area contributed by atoms with Crippen LogP contribution in [0.3, 0.4) is 0 Å². The molecular weight excluding hydrogens is 206 g/mol. The fraction of sp³-hybridized carbons (Fsp3) is 0.818. The number of ether oxygens (including phenoxy) is 1. The summed E-state index contributed by atoms with van der Waals surface area (Å²) in [6.45, 7) is 5.36. The maximum absolute atomic E-state index is 6.02. The van der Waals surface area contributed by atoms with Crippen LogP contribution in [0.2, 0.25) is 0 Å². The van der Waals surface area contributed by atoms with Crippen molar-refractivity contribution in [1.29, 1.82) is 0 Å². The number of hydrogen-bond acceptors (Lipinski definition) is 5. The number of aromatic nitrogens is 2. The Balaban J connectivity index is 1.86. The Labute approximate surface area is 94.3 Å². The standard InChI is InChI=1S/C11H17N3O2/c1-6-3-7(6)9-13-10(16-14-9)11(2)5-15-4-8(11)12/h6-8H,3-5,12H2,1-2H3. The molecule has 5 nitrogen and oxygen atoms in total. The molecule has 1 saturated carbocycles. The monoisotopic (exact) mass is 223 g/mol. The second-order valence-electron chi connectivity index (χ2n) is 5.32. The van der Waals surface area contributed by atoms with E-state index in [0.29, 0.717) is 30.9 Å².